The van der Waals surface area contributed by atoms with Gasteiger partial charge >= 0.3 is 5.69 Å². The topological polar surface area (TPSA) is 56.0 Å². The smallest absolute Gasteiger partial charge is 0.315 e. The highest BCUT2D eigenvalue weighted by atomic mass is 16.2. The summed E-state index contributed by atoms with van der Waals surface area (Å²) in [5.74, 6) is 0. The van der Waals surface area contributed by atoms with Gasteiger partial charge in [-0.15, -0.1) is 0 Å². The second-order valence-corrected chi connectivity index (χ2v) is 5.39. The third kappa shape index (κ3) is 2.08. The average molecular weight is 273 g/mol. The van der Waals surface area contributed by atoms with Gasteiger partial charge in [-0.2, -0.15) is 0 Å². The quantitative estimate of drug-likeness (QED) is 0.844. The Morgan fingerprint density at radius 3 is 2.85 bits per heavy atom. The molecule has 1 saturated heterocycles. The number of fused-ring (bicyclic) bond motifs is 1. The molecular weight excluding hydrogens is 254 g/mol. The minimum absolute atomic E-state index is 0.0479. The average Bonchev–Trinajstić information content (AvgIpc) is 2.74. The second kappa shape index (κ2) is 5.25. The summed E-state index contributed by atoms with van der Waals surface area (Å²) in [7, 11) is 1.73. The van der Waals surface area contributed by atoms with Gasteiger partial charge in [-0.25, -0.2) is 4.79 Å². The van der Waals surface area contributed by atoms with E-state index in [2.05, 4.69) is 5.32 Å². The van der Waals surface area contributed by atoms with E-state index in [-0.39, 0.29) is 17.3 Å². The summed E-state index contributed by atoms with van der Waals surface area (Å²) in [6.45, 7) is 1.65. The van der Waals surface area contributed by atoms with Crippen LogP contribution in [0.4, 0.5) is 0 Å². The van der Waals surface area contributed by atoms with Crippen LogP contribution < -0.4 is 16.6 Å². The molecule has 106 valence electrons. The molecule has 3 rings (SSSR count). The third-order valence-electron chi connectivity index (χ3n) is 4.09. The lowest BCUT2D eigenvalue weighted by Crippen LogP contribution is -2.43. The highest BCUT2D eigenvalue weighted by molar-refractivity contribution is 5.77. The molecule has 1 aromatic heterocycles. The lowest BCUT2D eigenvalue weighted by molar-refractivity contribution is 0.426. The van der Waals surface area contributed by atoms with Crippen LogP contribution in [0.15, 0.2) is 33.9 Å². The van der Waals surface area contributed by atoms with E-state index in [0.717, 1.165) is 25.8 Å². The Bertz CT molecular complexity index is 737. The number of nitrogens with one attached hydrogen (secondary N) is 1. The fraction of sp³-hybridized carbons (Fsp3) is 0.467. The molecule has 0 radical (unpaired) electrons. The van der Waals surface area contributed by atoms with Gasteiger partial charge in [0.1, 0.15) is 0 Å². The molecule has 0 aliphatic carbocycles. The predicted molar refractivity (Wildman–Crippen MR) is 79.2 cm³/mol. The van der Waals surface area contributed by atoms with Crippen molar-refractivity contribution in [2.45, 2.75) is 25.3 Å². The number of hydrogen-bond acceptors (Lipinski definition) is 3. The fourth-order valence-corrected chi connectivity index (χ4v) is 2.97. The van der Waals surface area contributed by atoms with Crippen molar-refractivity contribution in [1.29, 1.82) is 0 Å². The van der Waals surface area contributed by atoms with Crippen LogP contribution in [0.1, 0.15) is 25.3 Å². The van der Waals surface area contributed by atoms with Crippen molar-refractivity contribution in [2.75, 3.05) is 13.1 Å². The van der Waals surface area contributed by atoms with Crippen molar-refractivity contribution in [3.05, 3.63) is 45.1 Å². The van der Waals surface area contributed by atoms with Gasteiger partial charge in [-0.1, -0.05) is 18.6 Å². The first kappa shape index (κ1) is 13.1. The van der Waals surface area contributed by atoms with Crippen molar-refractivity contribution in [3.8, 4) is 0 Å². The molecule has 1 unspecified atom stereocenters. The maximum atomic E-state index is 12.6. The van der Waals surface area contributed by atoms with Crippen molar-refractivity contribution in [2.24, 2.45) is 7.05 Å². The van der Waals surface area contributed by atoms with Gasteiger partial charge in [0.15, 0.2) is 0 Å². The number of aromatic nitrogens is 2. The Labute approximate surface area is 116 Å². The van der Waals surface area contributed by atoms with Crippen LogP contribution in [0.3, 0.4) is 0 Å². The van der Waals surface area contributed by atoms with E-state index in [1.165, 1.54) is 4.57 Å². The van der Waals surface area contributed by atoms with E-state index in [4.69, 9.17) is 0 Å². The summed E-state index contributed by atoms with van der Waals surface area (Å²) in [4.78, 5) is 25.1. The first-order valence-electron chi connectivity index (χ1n) is 7.11. The highest BCUT2D eigenvalue weighted by Crippen LogP contribution is 2.15. The molecule has 0 saturated carbocycles. The minimum atomic E-state index is -0.220. The Morgan fingerprint density at radius 2 is 2.00 bits per heavy atom. The van der Waals surface area contributed by atoms with Crippen LogP contribution in [0.25, 0.3) is 10.9 Å². The standard InChI is InChI=1S/C15H19N3O2/c1-17-13-8-3-2-7-12(13)14(19)18(15(17)20)11-6-4-5-9-16-10-11/h2-3,7-8,11,16H,4-6,9-10H2,1H3. The van der Waals surface area contributed by atoms with Gasteiger partial charge in [-0.05, 0) is 31.5 Å². The zero-order chi connectivity index (χ0) is 14.1. The highest BCUT2D eigenvalue weighted by Gasteiger charge is 2.20. The summed E-state index contributed by atoms with van der Waals surface area (Å²) >= 11 is 0. The molecule has 2 heterocycles. The van der Waals surface area contributed by atoms with Gasteiger partial charge in [-0.3, -0.25) is 13.9 Å². The van der Waals surface area contributed by atoms with Crippen LogP contribution >= 0.6 is 0 Å². The second-order valence-electron chi connectivity index (χ2n) is 5.39. The van der Waals surface area contributed by atoms with E-state index < -0.39 is 0 Å². The van der Waals surface area contributed by atoms with Crippen LogP contribution in [0.5, 0.6) is 0 Å². The van der Waals surface area contributed by atoms with Gasteiger partial charge in [0, 0.05) is 13.6 Å². The van der Waals surface area contributed by atoms with E-state index in [1.807, 2.05) is 18.2 Å². The van der Waals surface area contributed by atoms with Crippen LogP contribution in [-0.4, -0.2) is 22.2 Å². The van der Waals surface area contributed by atoms with Crippen LogP contribution in [-0.2, 0) is 7.05 Å². The predicted octanol–water partition coefficient (Wildman–Crippen LogP) is 1.01. The van der Waals surface area contributed by atoms with Crippen molar-refractivity contribution >= 4 is 10.9 Å². The summed E-state index contributed by atoms with van der Waals surface area (Å²) < 4.78 is 3.00. The summed E-state index contributed by atoms with van der Waals surface area (Å²) in [6, 6.07) is 7.24. The normalized spacial score (nSPS) is 19.9. The Morgan fingerprint density at radius 1 is 1.20 bits per heavy atom. The van der Waals surface area contributed by atoms with Gasteiger partial charge in [0.05, 0.1) is 16.9 Å². The molecule has 1 aliphatic rings. The first-order valence-corrected chi connectivity index (χ1v) is 7.11. The Kier molecular flexibility index (Phi) is 3.44. The zero-order valence-corrected chi connectivity index (χ0v) is 11.6. The molecule has 5 nitrogen and oxygen atoms in total. The minimum Gasteiger partial charge on any atom is -0.315 e. The molecule has 5 heteroatoms. The van der Waals surface area contributed by atoms with Gasteiger partial charge in [0.25, 0.3) is 5.56 Å². The number of benzene rings is 1. The lowest BCUT2D eigenvalue weighted by atomic mass is 10.1. The first-order chi connectivity index (χ1) is 9.70. The van der Waals surface area contributed by atoms with Crippen molar-refractivity contribution in [3.63, 3.8) is 0 Å². The molecule has 2 aromatic rings. The fourth-order valence-electron chi connectivity index (χ4n) is 2.97. The van der Waals surface area contributed by atoms with E-state index in [9.17, 15) is 9.59 Å². The number of aryl methyl sites for hydroxylation is 1. The molecule has 20 heavy (non-hydrogen) atoms. The third-order valence-corrected chi connectivity index (χ3v) is 4.09. The molecule has 1 aliphatic heterocycles. The lowest BCUT2D eigenvalue weighted by Gasteiger charge is -2.19. The number of para-hydroxylation sites is 1. The van der Waals surface area contributed by atoms with Crippen LogP contribution in [0, 0.1) is 0 Å². The molecule has 1 aromatic carbocycles. The summed E-state index contributed by atoms with van der Waals surface area (Å²) in [6.07, 6.45) is 3.01. The molecule has 1 N–H and O–H groups in total. The maximum absolute atomic E-state index is 12.6. The van der Waals surface area contributed by atoms with Crippen molar-refractivity contribution in [1.82, 2.24) is 14.5 Å². The molecule has 0 amide bonds. The van der Waals surface area contributed by atoms with Gasteiger partial charge < -0.3 is 5.32 Å². The van der Waals surface area contributed by atoms with Gasteiger partial charge in [0.2, 0.25) is 0 Å². The summed E-state index contributed by atoms with van der Waals surface area (Å²) in [5, 5.41) is 3.92. The number of hydrogen-bond donors (Lipinski definition) is 1. The number of rotatable bonds is 1. The van der Waals surface area contributed by atoms with E-state index >= 15 is 0 Å². The largest absolute Gasteiger partial charge is 0.331 e. The molecule has 0 spiro atoms. The van der Waals surface area contributed by atoms with Crippen molar-refractivity contribution < 1.29 is 0 Å². The molecular formula is C15H19N3O2. The Balaban J connectivity index is 2.25. The zero-order valence-electron chi connectivity index (χ0n) is 11.6. The SMILES string of the molecule is Cn1c(=O)n(C2CCCCNC2)c(=O)c2ccccc21. The molecule has 1 atom stereocenters. The summed E-state index contributed by atoms with van der Waals surface area (Å²) in [5.41, 5.74) is 0.306. The maximum Gasteiger partial charge on any atom is 0.331 e. The molecule has 0 bridgehead atoms. The molecule has 1 fully saturated rings. The monoisotopic (exact) mass is 273 g/mol. The van der Waals surface area contributed by atoms with E-state index in [1.54, 1.807) is 17.7 Å². The Hall–Kier alpha value is -1.88. The van der Waals surface area contributed by atoms with E-state index in [0.29, 0.717) is 17.4 Å². The van der Waals surface area contributed by atoms with Crippen LogP contribution in [0.2, 0.25) is 0 Å². The number of nitrogens with zero attached hydrogens (tertiary/aromatic N) is 2.